The molecule has 4 aromatic heterocycles. The van der Waals surface area contributed by atoms with E-state index < -0.39 is 124 Å². The molecule has 0 unspecified atom stereocenters. The minimum absolute atomic E-state index is 0.00401. The van der Waals surface area contributed by atoms with Gasteiger partial charge in [-0.3, -0.25) is 28.2 Å². The van der Waals surface area contributed by atoms with Crippen molar-refractivity contribution < 1.29 is 58.2 Å². The number of pyridine rings is 1. The number of rotatable bonds is 17. The lowest BCUT2D eigenvalue weighted by Crippen LogP contribution is -2.39. The number of nitrogens with one attached hydrogen (secondary N) is 2. The Morgan fingerprint density at radius 3 is 2.35 bits per heavy atom. The minimum Gasteiger partial charge on any atom is -0.396 e. The number of halogens is 9. The van der Waals surface area contributed by atoms with Crippen LogP contribution in [0.1, 0.15) is 103 Å². The minimum atomic E-state index is -4.02. The Balaban J connectivity index is 1.30. The van der Waals surface area contributed by atoms with Crippen molar-refractivity contribution in [1.82, 2.24) is 39.4 Å². The summed E-state index contributed by atoms with van der Waals surface area (Å²) >= 11 is 6.78. The van der Waals surface area contributed by atoms with Crippen LogP contribution in [0, 0.1) is 24.5 Å². The molecule has 0 spiro atoms. The Bertz CT molecular complexity index is 3260. The third kappa shape index (κ3) is 9.35. The lowest BCUT2D eigenvalue weighted by molar-refractivity contribution is -0.123. The molecule has 2 fully saturated rings. The highest BCUT2D eigenvalue weighted by molar-refractivity contribution is 7.92. The van der Waals surface area contributed by atoms with Crippen molar-refractivity contribution in [2.75, 3.05) is 31.3 Å². The Morgan fingerprint density at radius 2 is 1.70 bits per heavy atom. The first-order chi connectivity index (χ1) is 33.5. The second-order valence-corrected chi connectivity index (χ2v) is 20.8. The maximum absolute atomic E-state index is 15.7. The summed E-state index contributed by atoms with van der Waals surface area (Å²) in [5.41, 5.74) is -4.02. The predicted molar refractivity (Wildman–Crippen MR) is 243 cm³/mol. The van der Waals surface area contributed by atoms with Crippen molar-refractivity contribution in [2.45, 2.75) is 107 Å². The normalized spacial score (nSPS) is 19.3. The second-order valence-electron chi connectivity index (χ2n) is 18.6. The first kappa shape index (κ1) is 50.2. The quantitative estimate of drug-likeness (QED) is 0.0596. The van der Waals surface area contributed by atoms with E-state index in [-0.39, 0.29) is 106 Å². The van der Waals surface area contributed by atoms with Crippen LogP contribution in [0.2, 0.25) is 5.02 Å². The molecular weight excluding hydrogens is 994 g/mol. The van der Waals surface area contributed by atoms with E-state index in [4.69, 9.17) is 26.3 Å². The number of sulfonamides is 1. The van der Waals surface area contributed by atoms with Gasteiger partial charge >= 0.3 is 0 Å². The van der Waals surface area contributed by atoms with Crippen LogP contribution in [0.4, 0.5) is 40.9 Å². The summed E-state index contributed by atoms with van der Waals surface area (Å²) in [5, 5.41) is 21.0. The van der Waals surface area contributed by atoms with Gasteiger partial charge in [0.1, 0.15) is 35.4 Å². The lowest BCUT2D eigenvalue weighted by Gasteiger charge is -2.39. The number of ether oxygens (including phenoxy) is 1. The van der Waals surface area contributed by atoms with E-state index in [0.29, 0.717) is 10.7 Å². The number of aryl methyl sites for hydroxylation is 2. The van der Waals surface area contributed by atoms with Crippen LogP contribution in [0.5, 0.6) is 0 Å². The number of anilines is 1. The molecule has 3 aliphatic carbocycles. The fourth-order valence-electron chi connectivity index (χ4n) is 10.4. The van der Waals surface area contributed by atoms with E-state index in [9.17, 15) is 44.7 Å². The van der Waals surface area contributed by atoms with Crippen LogP contribution in [-0.2, 0) is 50.4 Å². The number of amides is 1. The zero-order valence-corrected chi connectivity index (χ0v) is 39.8. The van der Waals surface area contributed by atoms with Gasteiger partial charge in [0, 0.05) is 74.8 Å². The summed E-state index contributed by atoms with van der Waals surface area (Å²) in [7, 11) is -2.57. The number of hydrogen-bond donors (Lipinski definition) is 3. The first-order valence-electron chi connectivity index (χ1n) is 22.6. The number of fused-ring (bicyclic) bond motifs is 5. The molecule has 3 aliphatic rings. The monoisotopic (exact) mass is 1040 g/mol. The number of benzene rings is 2. The first-order valence-corrected chi connectivity index (χ1v) is 24.8. The van der Waals surface area contributed by atoms with Gasteiger partial charge in [0.15, 0.2) is 11.5 Å². The molecule has 2 saturated carbocycles. The van der Waals surface area contributed by atoms with Crippen molar-refractivity contribution in [3.63, 3.8) is 0 Å². The second kappa shape index (κ2) is 18.4. The molecule has 380 valence electrons. The summed E-state index contributed by atoms with van der Waals surface area (Å²) < 4.78 is 155. The Labute approximate surface area is 404 Å². The van der Waals surface area contributed by atoms with Gasteiger partial charge in [0.05, 0.1) is 39.3 Å². The SMILES string of the molecule is COCCCn1nc(NS(C)(=O)=O)c2c(Cl)ccc(-n3c([C@H](Cc4cc(F)cc(F)c4)NC(=O)Cn4nc(C(F)F)c5c4C(F)(F)[C@@H]4C[C@H]54)nc4nc(C5(CCO)CCC(F)(F)CC5)cc(C)c4c3=O)c21. The van der Waals surface area contributed by atoms with Crippen LogP contribution in [0.25, 0.3) is 27.6 Å². The average Bonchev–Trinajstić information content (AvgIpc) is 3.80. The zero-order chi connectivity index (χ0) is 51.1. The Hall–Kier alpha value is -5.72. The number of methoxy groups -OCH3 is 1. The average molecular weight is 1040 g/mol. The number of carbonyl (C=O) groups excluding carboxylic acids is 1. The smallest absolute Gasteiger partial charge is 0.293 e. The van der Waals surface area contributed by atoms with E-state index in [1.165, 1.54) is 23.9 Å². The maximum Gasteiger partial charge on any atom is 0.293 e. The van der Waals surface area contributed by atoms with Gasteiger partial charge in [-0.25, -0.2) is 44.7 Å². The molecular formula is C46H46ClF8N9O6S. The van der Waals surface area contributed by atoms with Gasteiger partial charge in [0.2, 0.25) is 21.9 Å². The van der Waals surface area contributed by atoms with Crippen molar-refractivity contribution in [1.29, 1.82) is 0 Å². The third-order valence-corrected chi connectivity index (χ3v) is 14.5. The third-order valence-electron chi connectivity index (χ3n) is 13.7. The number of hydrogen-bond acceptors (Lipinski definition) is 10. The molecule has 1 amide bonds. The predicted octanol–water partition coefficient (Wildman–Crippen LogP) is 8.05. The van der Waals surface area contributed by atoms with Crippen molar-refractivity contribution in [3.05, 3.63) is 103 Å². The van der Waals surface area contributed by atoms with E-state index in [0.717, 1.165) is 23.0 Å². The van der Waals surface area contributed by atoms with Crippen LogP contribution < -0.4 is 15.6 Å². The van der Waals surface area contributed by atoms with Gasteiger partial charge in [-0.2, -0.15) is 19.0 Å². The molecule has 0 bridgehead atoms. The van der Waals surface area contributed by atoms with Crippen molar-refractivity contribution in [3.8, 4) is 5.69 Å². The molecule has 15 nitrogen and oxygen atoms in total. The molecule has 0 saturated heterocycles. The number of aliphatic hydroxyl groups excluding tert-OH is 1. The van der Waals surface area contributed by atoms with Crippen LogP contribution in [0.3, 0.4) is 0 Å². The summed E-state index contributed by atoms with van der Waals surface area (Å²) in [6.07, 6.45) is -3.97. The highest BCUT2D eigenvalue weighted by Crippen LogP contribution is 2.68. The van der Waals surface area contributed by atoms with E-state index >= 15 is 13.6 Å². The Morgan fingerprint density at radius 1 is 1.00 bits per heavy atom. The zero-order valence-electron chi connectivity index (χ0n) is 38.2. The molecule has 4 heterocycles. The number of alkyl halides is 6. The fourth-order valence-corrected chi connectivity index (χ4v) is 11.1. The molecule has 3 N–H and O–H groups in total. The summed E-state index contributed by atoms with van der Waals surface area (Å²) in [6.45, 7) is 0.310. The Kier molecular flexibility index (Phi) is 13.0. The summed E-state index contributed by atoms with van der Waals surface area (Å²) in [4.78, 5) is 39.6. The van der Waals surface area contributed by atoms with Gasteiger partial charge in [-0.15, -0.1) is 0 Å². The standard InChI is InChI=1S/C46H46ClF8N9O6S/c1-22-15-31(44(11-13-65)7-9-45(52,53)10-8-44)57-40-33(22)43(67)64(30-6-5-28(47)35-37(30)62(12-4-14-70-2)60-41(35)61-71(3,68)69)42(58-40)29(18-23-16-24(48)19-25(49)17-23)56-32(66)21-63-38-34(36(59-63)39(50)51)26-20-27(26)46(38,54)55/h5-6,15-17,19,26-27,29,39,65H,4,7-14,18,20-21H2,1-3H3,(H,56,66)(H,60,61)/t26-,27+,29-/m0/s1. The molecule has 2 aromatic carbocycles. The van der Waals surface area contributed by atoms with E-state index in [1.807, 2.05) is 0 Å². The highest BCUT2D eigenvalue weighted by atomic mass is 35.5. The molecule has 6 aromatic rings. The summed E-state index contributed by atoms with van der Waals surface area (Å²) in [6, 6.07) is 5.02. The largest absolute Gasteiger partial charge is 0.396 e. The molecule has 25 heteroatoms. The van der Waals surface area contributed by atoms with Gasteiger partial charge in [-0.1, -0.05) is 11.6 Å². The molecule has 3 atom stereocenters. The highest BCUT2D eigenvalue weighted by Gasteiger charge is 2.67. The van der Waals surface area contributed by atoms with E-state index in [1.54, 1.807) is 13.0 Å². The van der Waals surface area contributed by atoms with Crippen molar-refractivity contribution in [2.24, 2.45) is 5.92 Å². The van der Waals surface area contributed by atoms with Gasteiger partial charge < -0.3 is 15.2 Å². The molecule has 0 radical (unpaired) electrons. The van der Waals surface area contributed by atoms with E-state index in [2.05, 4.69) is 20.2 Å². The summed E-state index contributed by atoms with van der Waals surface area (Å²) in [5.74, 6) is -12.6. The molecule has 9 rings (SSSR count). The molecule has 71 heavy (non-hydrogen) atoms. The lowest BCUT2D eigenvalue weighted by atomic mass is 9.68. The maximum atomic E-state index is 15.7. The van der Waals surface area contributed by atoms with Gasteiger partial charge in [0.25, 0.3) is 17.9 Å². The molecule has 0 aliphatic heterocycles. The van der Waals surface area contributed by atoms with Crippen LogP contribution in [-0.4, -0.2) is 86.0 Å². The van der Waals surface area contributed by atoms with Crippen molar-refractivity contribution >= 4 is 55.3 Å². The van der Waals surface area contributed by atoms with Crippen LogP contribution in [0.15, 0.2) is 41.2 Å². The number of carbonyl (C=O) groups is 1. The van der Waals surface area contributed by atoms with Gasteiger partial charge in [-0.05, 0) is 86.4 Å². The number of nitrogens with zero attached hydrogens (tertiary/aromatic N) is 7. The fraction of sp³-hybridized carbons (Fsp3) is 0.478. The number of aliphatic hydroxyl groups is 1. The van der Waals surface area contributed by atoms with Crippen LogP contribution >= 0.6 is 11.6 Å². The topological polar surface area (TPSA) is 188 Å². The number of aromatic nitrogens is 7.